The van der Waals surface area contributed by atoms with Crippen molar-refractivity contribution in [2.45, 2.75) is 19.3 Å². The van der Waals surface area contributed by atoms with Crippen LogP contribution >= 0.6 is 31.9 Å². The van der Waals surface area contributed by atoms with E-state index in [-0.39, 0.29) is 0 Å². The molecule has 0 nitrogen and oxygen atoms in total. The number of hydrogen-bond donors (Lipinski definition) is 0. The van der Waals surface area contributed by atoms with Gasteiger partial charge in [-0.2, -0.15) is 0 Å². The molecule has 1 fully saturated rings. The molecule has 0 saturated heterocycles. The Morgan fingerprint density at radius 3 is 1.96 bits per heavy atom. The minimum atomic E-state index is 0.681. The van der Waals surface area contributed by atoms with Gasteiger partial charge in [-0.05, 0) is 89.1 Å². The normalized spacial score (nSPS) is 26.4. The average Bonchev–Trinajstić information content (AvgIpc) is 2.89. The highest BCUT2D eigenvalue weighted by atomic mass is 79.9. The SMILES string of the molecule is Brc1ccc2c(c1)C(=CC1CC3C=CC1CC3)c1cc(Br)ccc1-2. The van der Waals surface area contributed by atoms with Crippen LogP contribution in [0.3, 0.4) is 0 Å². The fourth-order valence-corrected chi connectivity index (χ4v) is 5.38. The number of benzene rings is 2. The van der Waals surface area contributed by atoms with Crippen molar-refractivity contribution in [2.75, 3.05) is 0 Å². The van der Waals surface area contributed by atoms with Gasteiger partial charge in [0, 0.05) is 8.95 Å². The summed E-state index contributed by atoms with van der Waals surface area (Å²) < 4.78 is 2.31. The number of fused-ring (bicyclic) bond motifs is 5. The van der Waals surface area contributed by atoms with Crippen LogP contribution in [0.4, 0.5) is 0 Å². The van der Waals surface area contributed by atoms with Gasteiger partial charge in [0.1, 0.15) is 0 Å². The van der Waals surface area contributed by atoms with E-state index < -0.39 is 0 Å². The predicted octanol–water partition coefficient (Wildman–Crippen LogP) is 7.23. The van der Waals surface area contributed by atoms with Crippen molar-refractivity contribution in [1.82, 2.24) is 0 Å². The van der Waals surface area contributed by atoms with E-state index in [1.807, 2.05) is 0 Å². The van der Waals surface area contributed by atoms with Crippen molar-refractivity contribution < 1.29 is 0 Å². The van der Waals surface area contributed by atoms with E-state index in [4.69, 9.17) is 0 Å². The van der Waals surface area contributed by atoms with E-state index in [0.717, 1.165) is 20.8 Å². The van der Waals surface area contributed by atoms with Gasteiger partial charge < -0.3 is 0 Å². The average molecular weight is 442 g/mol. The number of rotatable bonds is 1. The van der Waals surface area contributed by atoms with Gasteiger partial charge in [0.05, 0.1) is 0 Å². The second kappa shape index (κ2) is 5.71. The van der Waals surface area contributed by atoms with Gasteiger partial charge in [0.15, 0.2) is 0 Å². The van der Waals surface area contributed by atoms with Crippen molar-refractivity contribution >= 4 is 37.4 Å². The second-order valence-electron chi connectivity index (χ2n) is 7.25. The van der Waals surface area contributed by atoms with Crippen LogP contribution in [0.2, 0.25) is 0 Å². The van der Waals surface area contributed by atoms with Gasteiger partial charge in [-0.15, -0.1) is 0 Å². The Balaban J connectivity index is 1.68. The molecule has 2 bridgehead atoms. The van der Waals surface area contributed by atoms with Crippen LogP contribution in [0.15, 0.2) is 63.6 Å². The molecule has 24 heavy (non-hydrogen) atoms. The first kappa shape index (κ1) is 15.2. The molecule has 6 rings (SSSR count). The van der Waals surface area contributed by atoms with Crippen LogP contribution in [-0.2, 0) is 0 Å². The third-order valence-electron chi connectivity index (χ3n) is 5.84. The molecule has 3 atom stereocenters. The zero-order valence-corrected chi connectivity index (χ0v) is 16.5. The van der Waals surface area contributed by atoms with Crippen molar-refractivity contribution in [1.29, 1.82) is 0 Å². The molecule has 0 aliphatic heterocycles. The molecule has 0 amide bonds. The van der Waals surface area contributed by atoms with E-state index in [0.29, 0.717) is 5.92 Å². The molecule has 120 valence electrons. The Labute approximate surface area is 159 Å². The summed E-state index contributed by atoms with van der Waals surface area (Å²) >= 11 is 7.32. The smallest absolute Gasteiger partial charge is 0.0181 e. The first-order valence-corrected chi connectivity index (χ1v) is 10.3. The lowest BCUT2D eigenvalue weighted by atomic mass is 9.68. The summed E-state index contributed by atoms with van der Waals surface area (Å²) in [6.07, 6.45) is 11.5. The van der Waals surface area contributed by atoms with Crippen LogP contribution in [-0.4, -0.2) is 0 Å². The molecule has 0 heterocycles. The molecule has 4 aliphatic carbocycles. The van der Waals surface area contributed by atoms with Gasteiger partial charge in [-0.3, -0.25) is 0 Å². The summed E-state index contributed by atoms with van der Waals surface area (Å²) in [6.45, 7) is 0. The Kier molecular flexibility index (Phi) is 3.61. The summed E-state index contributed by atoms with van der Waals surface area (Å²) in [6, 6.07) is 13.4. The second-order valence-corrected chi connectivity index (χ2v) is 9.08. The first-order valence-electron chi connectivity index (χ1n) is 8.69. The summed E-state index contributed by atoms with van der Waals surface area (Å²) in [5.41, 5.74) is 6.91. The van der Waals surface area contributed by atoms with Gasteiger partial charge in [-0.25, -0.2) is 0 Å². The topological polar surface area (TPSA) is 0 Å². The van der Waals surface area contributed by atoms with Gasteiger partial charge in [-0.1, -0.05) is 62.2 Å². The molecule has 0 spiro atoms. The molecular weight excluding hydrogens is 424 g/mol. The lowest BCUT2D eigenvalue weighted by molar-refractivity contribution is 0.263. The first-order chi connectivity index (χ1) is 11.7. The van der Waals surface area contributed by atoms with Gasteiger partial charge in [0.25, 0.3) is 0 Å². The van der Waals surface area contributed by atoms with Crippen LogP contribution in [0.5, 0.6) is 0 Å². The van der Waals surface area contributed by atoms with Crippen LogP contribution in [0.1, 0.15) is 30.4 Å². The van der Waals surface area contributed by atoms with E-state index in [9.17, 15) is 0 Å². The summed E-state index contributed by atoms with van der Waals surface area (Å²) in [7, 11) is 0. The maximum absolute atomic E-state index is 3.66. The summed E-state index contributed by atoms with van der Waals surface area (Å²) in [4.78, 5) is 0. The number of hydrogen-bond acceptors (Lipinski definition) is 0. The van der Waals surface area contributed by atoms with Crippen LogP contribution < -0.4 is 0 Å². The number of halogens is 2. The molecule has 0 aromatic heterocycles. The third kappa shape index (κ3) is 2.38. The van der Waals surface area contributed by atoms with E-state index in [1.165, 1.54) is 47.1 Å². The Morgan fingerprint density at radius 2 is 1.46 bits per heavy atom. The quantitative estimate of drug-likeness (QED) is 0.349. The lowest BCUT2D eigenvalue weighted by Crippen LogP contribution is -2.26. The summed E-state index contributed by atoms with van der Waals surface area (Å²) in [5.74, 6) is 2.21. The number of allylic oxidation sites excluding steroid dienone is 3. The molecule has 2 aromatic carbocycles. The largest absolute Gasteiger partial charge is 0.0851 e. The van der Waals surface area contributed by atoms with E-state index in [2.05, 4.69) is 86.5 Å². The molecule has 1 saturated carbocycles. The van der Waals surface area contributed by atoms with Gasteiger partial charge in [0.2, 0.25) is 0 Å². The summed E-state index contributed by atoms with van der Waals surface area (Å²) in [5, 5.41) is 0. The molecule has 4 aliphatic rings. The minimum Gasteiger partial charge on any atom is -0.0851 e. The fraction of sp³-hybridized carbons (Fsp3) is 0.273. The van der Waals surface area contributed by atoms with Gasteiger partial charge >= 0.3 is 0 Å². The predicted molar refractivity (Wildman–Crippen MR) is 108 cm³/mol. The standard InChI is InChI=1S/C22H18Br2/c23-16-5-7-18-19-8-6-17(24)12-22(19)20(21(18)11-16)10-15-9-13-1-3-14(15)4-2-13/h1,3,5-8,10-15H,2,4,9H2. The Hall–Kier alpha value is -1.12. The highest BCUT2D eigenvalue weighted by Gasteiger charge is 2.32. The maximum Gasteiger partial charge on any atom is 0.0181 e. The van der Waals surface area contributed by atoms with E-state index >= 15 is 0 Å². The highest BCUT2D eigenvalue weighted by Crippen LogP contribution is 2.49. The molecular formula is C22H18Br2. The van der Waals surface area contributed by atoms with Crippen LogP contribution in [0.25, 0.3) is 16.7 Å². The van der Waals surface area contributed by atoms with Crippen molar-refractivity contribution in [2.24, 2.45) is 17.8 Å². The van der Waals surface area contributed by atoms with Crippen molar-refractivity contribution in [3.63, 3.8) is 0 Å². The molecule has 0 radical (unpaired) electrons. The molecule has 3 unspecified atom stereocenters. The van der Waals surface area contributed by atoms with E-state index in [1.54, 1.807) is 0 Å². The fourth-order valence-electron chi connectivity index (χ4n) is 4.66. The monoisotopic (exact) mass is 440 g/mol. The third-order valence-corrected chi connectivity index (χ3v) is 6.83. The van der Waals surface area contributed by atoms with Crippen LogP contribution in [0, 0.1) is 17.8 Å². The molecule has 2 aromatic rings. The highest BCUT2D eigenvalue weighted by molar-refractivity contribution is 9.10. The Bertz CT molecular complexity index is 837. The van der Waals surface area contributed by atoms with Crippen molar-refractivity contribution in [3.05, 3.63) is 74.7 Å². The zero-order chi connectivity index (χ0) is 16.3. The zero-order valence-electron chi connectivity index (χ0n) is 13.3. The Morgan fingerprint density at radius 1 is 0.792 bits per heavy atom. The maximum atomic E-state index is 3.66. The molecule has 2 heteroatoms. The minimum absolute atomic E-state index is 0.681. The van der Waals surface area contributed by atoms with Crippen molar-refractivity contribution in [3.8, 4) is 11.1 Å². The lowest BCUT2D eigenvalue weighted by Gasteiger charge is -2.36. The molecule has 0 N–H and O–H groups in total.